The molecule has 0 spiro atoms. The number of nitrogens with zero attached hydrogens (tertiary/aromatic N) is 3. The third-order valence-electron chi connectivity index (χ3n) is 4.24. The minimum atomic E-state index is -0.106. The third-order valence-corrected chi connectivity index (χ3v) is 4.24. The SMILES string of the molecule is CCCn1c(=O)[nH]c2cc(-c3noc(-c4ccc(OC)cc4)n3)ccc21. The van der Waals surface area contributed by atoms with E-state index in [2.05, 4.69) is 15.1 Å². The lowest BCUT2D eigenvalue weighted by molar-refractivity contribution is 0.414. The van der Waals surface area contributed by atoms with Crippen LogP contribution in [0.5, 0.6) is 5.75 Å². The number of rotatable bonds is 5. The van der Waals surface area contributed by atoms with Crippen LogP contribution in [0, 0.1) is 0 Å². The van der Waals surface area contributed by atoms with Crippen molar-refractivity contribution in [3.63, 3.8) is 0 Å². The van der Waals surface area contributed by atoms with Crippen LogP contribution in [0.1, 0.15) is 13.3 Å². The van der Waals surface area contributed by atoms with E-state index in [4.69, 9.17) is 9.26 Å². The summed E-state index contributed by atoms with van der Waals surface area (Å²) in [5, 5.41) is 4.06. The van der Waals surface area contributed by atoms with Gasteiger partial charge >= 0.3 is 5.69 Å². The summed E-state index contributed by atoms with van der Waals surface area (Å²) in [6.07, 6.45) is 0.894. The fourth-order valence-electron chi connectivity index (χ4n) is 2.94. The predicted molar refractivity (Wildman–Crippen MR) is 98.1 cm³/mol. The van der Waals surface area contributed by atoms with Gasteiger partial charge in [-0.15, -0.1) is 0 Å². The molecule has 0 atom stereocenters. The number of ether oxygens (including phenoxy) is 1. The molecule has 0 radical (unpaired) electrons. The molecule has 0 amide bonds. The Morgan fingerprint density at radius 1 is 1.15 bits per heavy atom. The minimum absolute atomic E-state index is 0.106. The zero-order valence-electron chi connectivity index (χ0n) is 14.5. The van der Waals surface area contributed by atoms with Crippen LogP contribution in [0.3, 0.4) is 0 Å². The lowest BCUT2D eigenvalue weighted by Gasteiger charge is -2.00. The molecular formula is C19H18N4O3. The highest BCUT2D eigenvalue weighted by Gasteiger charge is 2.13. The Hall–Kier alpha value is -3.35. The first kappa shape index (κ1) is 16.1. The van der Waals surface area contributed by atoms with Crippen LogP contribution in [0.15, 0.2) is 51.8 Å². The van der Waals surface area contributed by atoms with Gasteiger partial charge in [0.15, 0.2) is 0 Å². The molecule has 0 fully saturated rings. The second-order valence-electron chi connectivity index (χ2n) is 5.97. The Bertz CT molecular complexity index is 1110. The largest absolute Gasteiger partial charge is 0.497 e. The number of aromatic nitrogens is 4. The van der Waals surface area contributed by atoms with E-state index in [1.165, 1.54) is 0 Å². The molecule has 2 aromatic heterocycles. The summed E-state index contributed by atoms with van der Waals surface area (Å²) in [5.41, 5.74) is 3.13. The molecule has 0 aliphatic heterocycles. The minimum Gasteiger partial charge on any atom is -0.497 e. The summed E-state index contributed by atoms with van der Waals surface area (Å²) in [6.45, 7) is 2.72. The smallest absolute Gasteiger partial charge is 0.326 e. The molecule has 2 heterocycles. The fraction of sp³-hybridized carbons (Fsp3) is 0.211. The molecule has 4 aromatic rings. The van der Waals surface area contributed by atoms with Crippen molar-refractivity contribution in [3.8, 4) is 28.6 Å². The lowest BCUT2D eigenvalue weighted by Crippen LogP contribution is -2.16. The summed E-state index contributed by atoms with van der Waals surface area (Å²) in [4.78, 5) is 19.4. The van der Waals surface area contributed by atoms with Gasteiger partial charge < -0.3 is 14.2 Å². The standard InChI is InChI=1S/C19H18N4O3/c1-3-10-23-16-9-6-13(11-15(16)20-19(23)24)17-21-18(26-22-17)12-4-7-14(25-2)8-5-12/h4-9,11H,3,10H2,1-2H3,(H,20,24). The van der Waals surface area contributed by atoms with Crippen LogP contribution < -0.4 is 10.4 Å². The van der Waals surface area contributed by atoms with Gasteiger partial charge in [0.25, 0.3) is 5.89 Å². The van der Waals surface area contributed by atoms with Crippen molar-refractivity contribution in [1.82, 2.24) is 19.7 Å². The van der Waals surface area contributed by atoms with E-state index < -0.39 is 0 Å². The lowest BCUT2D eigenvalue weighted by atomic mass is 10.2. The molecular weight excluding hydrogens is 332 g/mol. The van der Waals surface area contributed by atoms with E-state index in [0.717, 1.165) is 34.3 Å². The van der Waals surface area contributed by atoms with Gasteiger partial charge in [-0.3, -0.25) is 4.57 Å². The van der Waals surface area contributed by atoms with E-state index in [1.807, 2.05) is 49.4 Å². The highest BCUT2D eigenvalue weighted by Crippen LogP contribution is 2.25. The van der Waals surface area contributed by atoms with Gasteiger partial charge in [-0.05, 0) is 48.9 Å². The molecule has 4 rings (SSSR count). The maximum atomic E-state index is 12.1. The maximum absolute atomic E-state index is 12.1. The number of aryl methyl sites for hydroxylation is 1. The number of hydrogen-bond donors (Lipinski definition) is 1. The number of aromatic amines is 1. The number of H-pyrrole nitrogens is 1. The summed E-state index contributed by atoms with van der Waals surface area (Å²) >= 11 is 0. The Labute approximate surface area is 149 Å². The Morgan fingerprint density at radius 3 is 2.65 bits per heavy atom. The van der Waals surface area contributed by atoms with Crippen LogP contribution in [0.25, 0.3) is 33.9 Å². The van der Waals surface area contributed by atoms with Crippen molar-refractivity contribution in [2.24, 2.45) is 0 Å². The van der Waals surface area contributed by atoms with Gasteiger partial charge in [0.2, 0.25) is 5.82 Å². The van der Waals surface area contributed by atoms with Crippen molar-refractivity contribution in [2.45, 2.75) is 19.9 Å². The van der Waals surface area contributed by atoms with E-state index in [9.17, 15) is 4.79 Å². The van der Waals surface area contributed by atoms with Gasteiger partial charge in [-0.2, -0.15) is 4.98 Å². The average molecular weight is 350 g/mol. The number of fused-ring (bicyclic) bond motifs is 1. The summed E-state index contributed by atoms with van der Waals surface area (Å²) in [6, 6.07) is 13.1. The van der Waals surface area contributed by atoms with E-state index in [1.54, 1.807) is 11.7 Å². The summed E-state index contributed by atoms with van der Waals surface area (Å²) in [5.74, 6) is 1.67. The number of hydrogen-bond acceptors (Lipinski definition) is 5. The highest BCUT2D eigenvalue weighted by molar-refractivity contribution is 5.80. The molecule has 7 heteroatoms. The Kier molecular flexibility index (Phi) is 4.04. The molecule has 7 nitrogen and oxygen atoms in total. The molecule has 0 saturated carbocycles. The maximum Gasteiger partial charge on any atom is 0.326 e. The van der Waals surface area contributed by atoms with Gasteiger partial charge in [0.05, 0.1) is 18.1 Å². The van der Waals surface area contributed by atoms with Gasteiger partial charge in [-0.25, -0.2) is 4.79 Å². The zero-order valence-corrected chi connectivity index (χ0v) is 14.5. The van der Waals surface area contributed by atoms with Crippen LogP contribution in [0.4, 0.5) is 0 Å². The van der Waals surface area contributed by atoms with Gasteiger partial charge in [0.1, 0.15) is 5.75 Å². The highest BCUT2D eigenvalue weighted by atomic mass is 16.5. The van der Waals surface area contributed by atoms with Crippen LogP contribution in [-0.2, 0) is 6.54 Å². The number of nitrogens with one attached hydrogen (secondary N) is 1. The topological polar surface area (TPSA) is 85.9 Å². The molecule has 1 N–H and O–H groups in total. The summed E-state index contributed by atoms with van der Waals surface area (Å²) < 4.78 is 12.3. The van der Waals surface area contributed by atoms with Crippen molar-refractivity contribution in [1.29, 1.82) is 0 Å². The van der Waals surface area contributed by atoms with Crippen molar-refractivity contribution < 1.29 is 9.26 Å². The first-order valence-corrected chi connectivity index (χ1v) is 8.40. The quantitative estimate of drug-likeness (QED) is 0.596. The van der Waals surface area contributed by atoms with E-state index >= 15 is 0 Å². The second kappa shape index (κ2) is 6.51. The van der Waals surface area contributed by atoms with E-state index in [0.29, 0.717) is 18.3 Å². The zero-order chi connectivity index (χ0) is 18.1. The number of methoxy groups -OCH3 is 1. The van der Waals surface area contributed by atoms with Crippen molar-refractivity contribution >= 4 is 11.0 Å². The van der Waals surface area contributed by atoms with Crippen molar-refractivity contribution in [2.75, 3.05) is 7.11 Å². The second-order valence-corrected chi connectivity index (χ2v) is 5.97. The van der Waals surface area contributed by atoms with Crippen LogP contribution in [0.2, 0.25) is 0 Å². The van der Waals surface area contributed by atoms with Gasteiger partial charge in [0, 0.05) is 17.7 Å². The third kappa shape index (κ3) is 2.77. The molecule has 0 bridgehead atoms. The van der Waals surface area contributed by atoms with Crippen LogP contribution in [-0.4, -0.2) is 26.8 Å². The molecule has 0 aliphatic carbocycles. The van der Waals surface area contributed by atoms with E-state index in [-0.39, 0.29) is 5.69 Å². The Balaban J connectivity index is 1.69. The first-order chi connectivity index (χ1) is 12.7. The molecule has 0 saturated heterocycles. The monoisotopic (exact) mass is 350 g/mol. The van der Waals surface area contributed by atoms with Crippen LogP contribution >= 0.6 is 0 Å². The Morgan fingerprint density at radius 2 is 1.92 bits per heavy atom. The number of benzene rings is 2. The molecule has 0 unspecified atom stereocenters. The first-order valence-electron chi connectivity index (χ1n) is 8.40. The van der Waals surface area contributed by atoms with Crippen molar-refractivity contribution in [3.05, 3.63) is 52.9 Å². The molecule has 26 heavy (non-hydrogen) atoms. The summed E-state index contributed by atoms with van der Waals surface area (Å²) in [7, 11) is 1.62. The normalized spacial score (nSPS) is 11.2. The predicted octanol–water partition coefficient (Wildman–Crippen LogP) is 3.47. The average Bonchev–Trinajstić information content (AvgIpc) is 3.27. The molecule has 132 valence electrons. The molecule has 2 aromatic carbocycles. The number of imidazole rings is 1. The molecule has 0 aliphatic rings. The van der Waals surface area contributed by atoms with Gasteiger partial charge in [-0.1, -0.05) is 12.1 Å². The fourth-order valence-corrected chi connectivity index (χ4v) is 2.94.